The van der Waals surface area contributed by atoms with Crippen molar-refractivity contribution in [2.75, 3.05) is 27.2 Å². The molecule has 6 nitrogen and oxygen atoms in total. The van der Waals surface area contributed by atoms with Gasteiger partial charge in [-0.05, 0) is 36.6 Å². The molecule has 1 N–H and O–H groups in total. The van der Waals surface area contributed by atoms with Crippen LogP contribution in [-0.4, -0.2) is 47.9 Å². The van der Waals surface area contributed by atoms with Gasteiger partial charge < -0.3 is 15.0 Å². The number of benzene rings is 1. The third-order valence-electron chi connectivity index (χ3n) is 3.89. The minimum Gasteiger partial charge on any atom is -0.497 e. The van der Waals surface area contributed by atoms with Crippen LogP contribution in [0.25, 0.3) is 0 Å². The van der Waals surface area contributed by atoms with Crippen LogP contribution in [0, 0.1) is 5.92 Å². The van der Waals surface area contributed by atoms with Gasteiger partial charge in [0.2, 0.25) is 0 Å². The van der Waals surface area contributed by atoms with Gasteiger partial charge in [0.15, 0.2) is 5.96 Å². The Labute approximate surface area is 173 Å². The molecule has 1 aromatic heterocycles. The van der Waals surface area contributed by atoms with E-state index >= 15 is 0 Å². The topological polar surface area (TPSA) is 54.7 Å². The summed E-state index contributed by atoms with van der Waals surface area (Å²) < 4.78 is 7.16. The van der Waals surface area contributed by atoms with Crippen LogP contribution in [-0.2, 0) is 13.1 Å². The van der Waals surface area contributed by atoms with Gasteiger partial charge in [-0.1, -0.05) is 19.1 Å². The monoisotopic (exact) mass is 471 g/mol. The average molecular weight is 471 g/mol. The number of rotatable bonds is 8. The van der Waals surface area contributed by atoms with Gasteiger partial charge in [-0.3, -0.25) is 9.67 Å². The maximum absolute atomic E-state index is 5.21. The van der Waals surface area contributed by atoms with E-state index in [1.165, 1.54) is 5.56 Å². The fourth-order valence-electron chi connectivity index (χ4n) is 2.58. The molecule has 1 unspecified atom stereocenters. The molecule has 2 aromatic rings. The number of halogens is 1. The second kappa shape index (κ2) is 11.8. The van der Waals surface area contributed by atoms with Gasteiger partial charge in [-0.25, -0.2) is 0 Å². The van der Waals surface area contributed by atoms with Gasteiger partial charge >= 0.3 is 0 Å². The molecule has 0 spiro atoms. The quantitative estimate of drug-likeness (QED) is 0.365. The Kier molecular flexibility index (Phi) is 10.1. The number of aliphatic imine (C=N–C) groups is 1. The van der Waals surface area contributed by atoms with E-state index in [0.717, 1.165) is 37.9 Å². The van der Waals surface area contributed by atoms with Gasteiger partial charge in [0.25, 0.3) is 0 Å². The van der Waals surface area contributed by atoms with Gasteiger partial charge in [-0.15, -0.1) is 24.0 Å². The van der Waals surface area contributed by atoms with E-state index in [-0.39, 0.29) is 24.0 Å². The van der Waals surface area contributed by atoms with Crippen LogP contribution in [0.3, 0.4) is 0 Å². The first-order valence-corrected chi connectivity index (χ1v) is 8.72. The highest BCUT2D eigenvalue weighted by atomic mass is 127. The van der Waals surface area contributed by atoms with Crippen molar-refractivity contribution in [3.63, 3.8) is 0 Å². The normalized spacial score (nSPS) is 12.2. The first-order chi connectivity index (χ1) is 12.1. The Morgan fingerprint density at radius 2 is 2.08 bits per heavy atom. The Morgan fingerprint density at radius 1 is 1.35 bits per heavy atom. The molecule has 2 rings (SSSR count). The highest BCUT2D eigenvalue weighted by Gasteiger charge is 2.09. The van der Waals surface area contributed by atoms with Gasteiger partial charge in [0.05, 0.1) is 7.11 Å². The number of nitrogens with one attached hydrogen (secondary N) is 1. The van der Waals surface area contributed by atoms with Crippen LogP contribution >= 0.6 is 24.0 Å². The Bertz CT molecular complexity index is 642. The smallest absolute Gasteiger partial charge is 0.193 e. The van der Waals surface area contributed by atoms with E-state index in [9.17, 15) is 0 Å². The van der Waals surface area contributed by atoms with Crippen molar-refractivity contribution in [1.29, 1.82) is 0 Å². The maximum atomic E-state index is 5.21. The highest BCUT2D eigenvalue weighted by molar-refractivity contribution is 14.0. The van der Waals surface area contributed by atoms with Crippen LogP contribution in [0.2, 0.25) is 0 Å². The third kappa shape index (κ3) is 7.23. The molecule has 7 heteroatoms. The number of nitrogens with zero attached hydrogens (tertiary/aromatic N) is 4. The molecule has 0 aliphatic rings. The summed E-state index contributed by atoms with van der Waals surface area (Å²) >= 11 is 0. The molecule has 0 fully saturated rings. The minimum absolute atomic E-state index is 0. The number of guanidine groups is 1. The molecule has 26 heavy (non-hydrogen) atoms. The molecule has 1 aromatic carbocycles. The number of aromatic nitrogens is 2. The summed E-state index contributed by atoms with van der Waals surface area (Å²) in [4.78, 5) is 6.93. The summed E-state index contributed by atoms with van der Waals surface area (Å²) in [5, 5.41) is 7.62. The van der Waals surface area contributed by atoms with Crippen molar-refractivity contribution in [2.45, 2.75) is 26.9 Å². The van der Waals surface area contributed by atoms with E-state index in [1.54, 1.807) is 7.11 Å². The summed E-state index contributed by atoms with van der Waals surface area (Å²) in [6.45, 7) is 7.55. The fourth-order valence-corrected chi connectivity index (χ4v) is 2.58. The average Bonchev–Trinajstić information content (AvgIpc) is 3.12. The summed E-state index contributed by atoms with van der Waals surface area (Å²) in [6, 6.07) is 10.1. The fraction of sp³-hybridized carbons (Fsp3) is 0.474. The maximum Gasteiger partial charge on any atom is 0.193 e. The van der Waals surface area contributed by atoms with Crippen molar-refractivity contribution < 1.29 is 4.74 Å². The van der Waals surface area contributed by atoms with E-state index in [4.69, 9.17) is 9.73 Å². The van der Waals surface area contributed by atoms with Crippen molar-refractivity contribution >= 4 is 29.9 Å². The summed E-state index contributed by atoms with van der Waals surface area (Å²) in [6.07, 6.45) is 3.80. The predicted octanol–water partition coefficient (Wildman–Crippen LogP) is 3.24. The standard InChI is InChI=1S/C19H29N5O.HI/c1-5-20-19(21-13-16(2)14-24-12-6-11-22-24)23(3)15-17-7-9-18(25-4)10-8-17;/h6-12,16H,5,13-15H2,1-4H3,(H,20,21);1H. The molecule has 0 saturated carbocycles. The predicted molar refractivity (Wildman–Crippen MR) is 117 cm³/mol. The molecule has 0 aliphatic heterocycles. The zero-order chi connectivity index (χ0) is 18.1. The second-order valence-electron chi connectivity index (χ2n) is 6.23. The molecule has 0 saturated heterocycles. The SMILES string of the molecule is CCNC(=NCC(C)Cn1cccn1)N(C)Cc1ccc(OC)cc1.I. The summed E-state index contributed by atoms with van der Waals surface area (Å²) in [5.74, 6) is 2.22. The second-order valence-corrected chi connectivity index (χ2v) is 6.23. The zero-order valence-corrected chi connectivity index (χ0v) is 18.4. The molecule has 1 atom stereocenters. The van der Waals surface area contributed by atoms with E-state index in [1.807, 2.05) is 35.3 Å². The number of methoxy groups -OCH3 is 1. The molecular formula is C19H30IN5O. The lowest BCUT2D eigenvalue weighted by Crippen LogP contribution is -2.38. The zero-order valence-electron chi connectivity index (χ0n) is 16.1. The number of hydrogen-bond donors (Lipinski definition) is 1. The van der Waals surface area contributed by atoms with Crippen molar-refractivity contribution in [2.24, 2.45) is 10.9 Å². The van der Waals surface area contributed by atoms with Gasteiger partial charge in [0, 0.05) is 45.6 Å². The Morgan fingerprint density at radius 3 is 2.65 bits per heavy atom. The molecule has 144 valence electrons. The molecule has 0 bridgehead atoms. The van der Waals surface area contributed by atoms with Crippen LogP contribution in [0.1, 0.15) is 19.4 Å². The van der Waals surface area contributed by atoms with E-state index in [2.05, 4.69) is 48.3 Å². The van der Waals surface area contributed by atoms with Crippen molar-refractivity contribution in [3.8, 4) is 5.75 Å². The molecule has 0 radical (unpaired) electrons. The van der Waals surface area contributed by atoms with Crippen molar-refractivity contribution in [1.82, 2.24) is 20.0 Å². The van der Waals surface area contributed by atoms with E-state index < -0.39 is 0 Å². The Balaban J connectivity index is 0.00000338. The van der Waals surface area contributed by atoms with Crippen LogP contribution in [0.4, 0.5) is 0 Å². The first-order valence-electron chi connectivity index (χ1n) is 8.72. The first kappa shape index (κ1) is 22.3. The number of ether oxygens (including phenoxy) is 1. The lowest BCUT2D eigenvalue weighted by Gasteiger charge is -2.23. The minimum atomic E-state index is 0. The third-order valence-corrected chi connectivity index (χ3v) is 3.89. The summed E-state index contributed by atoms with van der Waals surface area (Å²) in [7, 11) is 3.74. The largest absolute Gasteiger partial charge is 0.497 e. The lowest BCUT2D eigenvalue weighted by atomic mass is 10.2. The Hall–Kier alpha value is -1.77. The molecule has 1 heterocycles. The van der Waals surface area contributed by atoms with Crippen molar-refractivity contribution in [3.05, 3.63) is 48.3 Å². The highest BCUT2D eigenvalue weighted by Crippen LogP contribution is 2.12. The van der Waals surface area contributed by atoms with Crippen LogP contribution in [0.15, 0.2) is 47.7 Å². The molecule has 0 amide bonds. The van der Waals surface area contributed by atoms with Gasteiger partial charge in [0.1, 0.15) is 5.75 Å². The van der Waals surface area contributed by atoms with E-state index in [0.29, 0.717) is 5.92 Å². The number of hydrogen-bond acceptors (Lipinski definition) is 3. The van der Waals surface area contributed by atoms with Crippen LogP contribution < -0.4 is 10.1 Å². The van der Waals surface area contributed by atoms with Gasteiger partial charge in [-0.2, -0.15) is 5.10 Å². The molecule has 0 aliphatic carbocycles. The lowest BCUT2D eigenvalue weighted by molar-refractivity contribution is 0.414. The molecular weight excluding hydrogens is 441 g/mol. The van der Waals surface area contributed by atoms with Crippen LogP contribution in [0.5, 0.6) is 5.75 Å². The summed E-state index contributed by atoms with van der Waals surface area (Å²) in [5.41, 5.74) is 1.22.